The van der Waals surface area contributed by atoms with E-state index >= 15 is 0 Å². The van der Waals surface area contributed by atoms with E-state index in [1.54, 1.807) is 13.8 Å². The van der Waals surface area contributed by atoms with Crippen molar-refractivity contribution in [1.29, 1.82) is 0 Å². The predicted octanol–water partition coefficient (Wildman–Crippen LogP) is 3.35. The number of halogens is 2. The van der Waals surface area contributed by atoms with E-state index in [-0.39, 0.29) is 14.5 Å². The molecule has 0 bridgehead atoms. The highest BCUT2D eigenvalue weighted by atomic mass is 35.5. The second-order valence-corrected chi connectivity index (χ2v) is 7.37. The van der Waals surface area contributed by atoms with Gasteiger partial charge < -0.3 is 0 Å². The summed E-state index contributed by atoms with van der Waals surface area (Å²) in [6.45, 7) is 3.12. The number of aromatic nitrogens is 1. The molecule has 1 aromatic carbocycles. The van der Waals surface area contributed by atoms with Crippen molar-refractivity contribution in [3.05, 3.63) is 39.7 Å². The molecule has 0 radical (unpaired) electrons. The molecule has 8 heteroatoms. The van der Waals surface area contributed by atoms with E-state index in [1.807, 2.05) is 0 Å². The molecule has 102 valence electrons. The first kappa shape index (κ1) is 14.2. The number of thiazole rings is 1. The Morgan fingerprint density at radius 1 is 1.37 bits per heavy atom. The molecule has 4 nitrogen and oxygen atoms in total. The number of aryl methyl sites for hydroxylation is 2. The van der Waals surface area contributed by atoms with Gasteiger partial charge in [0.25, 0.3) is 10.0 Å². The SMILES string of the molecule is Cc1cc(NS(=O)(=O)c2sc(Cl)nc2C)ccc1F. The first-order chi connectivity index (χ1) is 8.79. The second-order valence-electron chi connectivity index (χ2n) is 3.91. The van der Waals surface area contributed by atoms with Crippen molar-refractivity contribution in [3.63, 3.8) is 0 Å². The van der Waals surface area contributed by atoms with Gasteiger partial charge in [0.05, 0.1) is 5.69 Å². The number of sulfonamides is 1. The summed E-state index contributed by atoms with van der Waals surface area (Å²) in [6.07, 6.45) is 0. The number of rotatable bonds is 3. The van der Waals surface area contributed by atoms with Gasteiger partial charge in [-0.25, -0.2) is 17.8 Å². The zero-order valence-electron chi connectivity index (χ0n) is 10.1. The van der Waals surface area contributed by atoms with Gasteiger partial charge in [-0.1, -0.05) is 22.9 Å². The summed E-state index contributed by atoms with van der Waals surface area (Å²) in [5.74, 6) is -0.389. The van der Waals surface area contributed by atoms with Crippen LogP contribution in [0.1, 0.15) is 11.3 Å². The average Bonchev–Trinajstić information content (AvgIpc) is 2.63. The number of hydrogen-bond acceptors (Lipinski definition) is 4. The van der Waals surface area contributed by atoms with Gasteiger partial charge in [-0.3, -0.25) is 4.72 Å². The van der Waals surface area contributed by atoms with Gasteiger partial charge in [0.2, 0.25) is 0 Å². The van der Waals surface area contributed by atoms with Crippen molar-refractivity contribution in [1.82, 2.24) is 4.98 Å². The minimum absolute atomic E-state index is 0.0551. The van der Waals surface area contributed by atoms with E-state index in [9.17, 15) is 12.8 Å². The van der Waals surface area contributed by atoms with Crippen LogP contribution >= 0.6 is 22.9 Å². The number of hydrogen-bond donors (Lipinski definition) is 1. The maximum absolute atomic E-state index is 13.1. The first-order valence-electron chi connectivity index (χ1n) is 5.21. The third-order valence-corrected chi connectivity index (χ3v) is 5.63. The second kappa shape index (κ2) is 5.07. The molecule has 0 fully saturated rings. The molecule has 0 spiro atoms. The van der Waals surface area contributed by atoms with Gasteiger partial charge in [0.15, 0.2) is 8.68 Å². The standard InChI is InChI=1S/C11H10ClFN2O2S2/c1-6-5-8(3-4-9(6)13)15-19(16,17)10-7(2)14-11(12)18-10/h3-5,15H,1-2H3. The van der Waals surface area contributed by atoms with Gasteiger partial charge >= 0.3 is 0 Å². The summed E-state index contributed by atoms with van der Waals surface area (Å²) in [7, 11) is -3.75. The number of anilines is 1. The van der Waals surface area contributed by atoms with Gasteiger partial charge in [0, 0.05) is 5.69 Å². The average molecular weight is 321 g/mol. The number of nitrogens with zero attached hydrogens (tertiary/aromatic N) is 1. The molecule has 0 aliphatic heterocycles. The fourth-order valence-corrected chi connectivity index (χ4v) is 4.30. The van der Waals surface area contributed by atoms with E-state index < -0.39 is 10.0 Å². The van der Waals surface area contributed by atoms with Crippen LogP contribution in [-0.2, 0) is 10.0 Å². The fraction of sp³-hybridized carbons (Fsp3) is 0.182. The fourth-order valence-electron chi connectivity index (χ4n) is 1.51. The lowest BCUT2D eigenvalue weighted by atomic mass is 10.2. The molecule has 19 heavy (non-hydrogen) atoms. The van der Waals surface area contributed by atoms with E-state index in [4.69, 9.17) is 11.6 Å². The maximum Gasteiger partial charge on any atom is 0.273 e. The quantitative estimate of drug-likeness (QED) is 0.943. The van der Waals surface area contributed by atoms with Gasteiger partial charge in [-0.2, -0.15) is 0 Å². The lowest BCUT2D eigenvalue weighted by molar-refractivity contribution is 0.602. The molecule has 0 aliphatic rings. The van der Waals surface area contributed by atoms with Crippen LogP contribution in [-0.4, -0.2) is 13.4 Å². The Morgan fingerprint density at radius 2 is 2.05 bits per heavy atom. The van der Waals surface area contributed by atoms with Crippen LogP contribution in [0, 0.1) is 19.7 Å². The lowest BCUT2D eigenvalue weighted by Crippen LogP contribution is -2.12. The molecule has 0 saturated carbocycles. The Hall–Kier alpha value is -1.18. The van der Waals surface area contributed by atoms with Gasteiger partial charge in [-0.05, 0) is 37.6 Å². The summed E-state index contributed by atoms with van der Waals surface area (Å²) in [5, 5.41) is 0. The predicted molar refractivity (Wildman–Crippen MR) is 73.8 cm³/mol. The molecule has 0 unspecified atom stereocenters. The van der Waals surface area contributed by atoms with Crippen molar-refractivity contribution in [2.24, 2.45) is 0 Å². The molecule has 1 heterocycles. The van der Waals surface area contributed by atoms with Gasteiger partial charge in [0.1, 0.15) is 5.82 Å². The topological polar surface area (TPSA) is 59.1 Å². The molecule has 0 saturated heterocycles. The highest BCUT2D eigenvalue weighted by molar-refractivity contribution is 7.94. The van der Waals surface area contributed by atoms with Crippen LogP contribution in [0.4, 0.5) is 10.1 Å². The van der Waals surface area contributed by atoms with E-state index in [2.05, 4.69) is 9.71 Å². The smallest absolute Gasteiger partial charge is 0.273 e. The first-order valence-corrected chi connectivity index (χ1v) is 7.89. The third kappa shape index (κ3) is 3.05. The largest absolute Gasteiger partial charge is 0.279 e. The minimum atomic E-state index is -3.75. The van der Waals surface area contributed by atoms with Crippen LogP contribution in [0.3, 0.4) is 0 Å². The Labute approximate surface area is 119 Å². The van der Waals surface area contributed by atoms with E-state index in [0.29, 0.717) is 16.9 Å². The summed E-state index contributed by atoms with van der Waals surface area (Å²) >= 11 is 6.56. The summed E-state index contributed by atoms with van der Waals surface area (Å²) in [5.41, 5.74) is 0.989. The molecule has 0 aliphatic carbocycles. The van der Waals surface area contributed by atoms with Crippen LogP contribution < -0.4 is 4.72 Å². The molecule has 2 aromatic rings. The molecule has 0 amide bonds. The zero-order chi connectivity index (χ0) is 14.2. The maximum atomic E-state index is 13.1. The van der Waals surface area contributed by atoms with Crippen molar-refractivity contribution in [3.8, 4) is 0 Å². The Morgan fingerprint density at radius 3 is 2.58 bits per heavy atom. The molecule has 2 rings (SSSR count). The summed E-state index contributed by atoms with van der Waals surface area (Å²) in [4.78, 5) is 3.86. The van der Waals surface area contributed by atoms with Crippen LogP contribution in [0.25, 0.3) is 0 Å². The van der Waals surface area contributed by atoms with Crippen LogP contribution in [0.2, 0.25) is 4.47 Å². The third-order valence-electron chi connectivity index (χ3n) is 2.38. The Kier molecular flexibility index (Phi) is 3.80. The molecule has 1 aromatic heterocycles. The monoisotopic (exact) mass is 320 g/mol. The summed E-state index contributed by atoms with van der Waals surface area (Å²) < 4.78 is 40.0. The normalized spacial score (nSPS) is 11.6. The van der Waals surface area contributed by atoms with Crippen molar-refractivity contribution in [2.75, 3.05) is 4.72 Å². The molecular formula is C11H10ClFN2O2S2. The highest BCUT2D eigenvalue weighted by Gasteiger charge is 2.21. The zero-order valence-corrected chi connectivity index (χ0v) is 12.5. The van der Waals surface area contributed by atoms with E-state index in [1.165, 1.54) is 18.2 Å². The van der Waals surface area contributed by atoms with Crippen molar-refractivity contribution < 1.29 is 12.8 Å². The molecule has 0 atom stereocenters. The summed E-state index contributed by atoms with van der Waals surface area (Å²) in [6, 6.07) is 3.99. The Balaban J connectivity index is 2.36. The van der Waals surface area contributed by atoms with Crippen molar-refractivity contribution >= 4 is 38.6 Å². The van der Waals surface area contributed by atoms with E-state index in [0.717, 1.165) is 11.3 Å². The Bertz CT molecular complexity index is 728. The molecular weight excluding hydrogens is 311 g/mol. The van der Waals surface area contributed by atoms with Crippen molar-refractivity contribution in [2.45, 2.75) is 18.1 Å². The number of nitrogens with one attached hydrogen (secondary N) is 1. The lowest BCUT2D eigenvalue weighted by Gasteiger charge is -2.07. The molecule has 1 N–H and O–H groups in total. The van der Waals surface area contributed by atoms with Crippen LogP contribution in [0.15, 0.2) is 22.4 Å². The highest BCUT2D eigenvalue weighted by Crippen LogP contribution is 2.28. The minimum Gasteiger partial charge on any atom is -0.279 e. The number of benzene rings is 1. The van der Waals surface area contributed by atoms with Crippen LogP contribution in [0.5, 0.6) is 0 Å². The van der Waals surface area contributed by atoms with Gasteiger partial charge in [-0.15, -0.1) is 0 Å².